The molecule has 244 valence electrons. The molecular formula is C28H45BN6O8S. The topological polar surface area (TPSA) is 181 Å². The Morgan fingerprint density at radius 2 is 1.77 bits per heavy atom. The zero-order valence-electron chi connectivity index (χ0n) is 26.7. The minimum Gasteiger partial charge on any atom is -0.460 e. The van der Waals surface area contributed by atoms with Crippen molar-refractivity contribution in [2.75, 3.05) is 26.2 Å². The minimum absolute atomic E-state index is 0.0277. The number of nitrogens with zero attached hydrogens (tertiary/aromatic N) is 4. The zero-order chi connectivity index (χ0) is 32.8. The molecule has 2 fully saturated rings. The quantitative estimate of drug-likeness (QED) is 0.0815. The number of benzene rings is 1. The van der Waals surface area contributed by atoms with Crippen LogP contribution in [0.2, 0.25) is 6.32 Å². The molecule has 1 aromatic carbocycles. The summed E-state index contributed by atoms with van der Waals surface area (Å²) in [5.41, 5.74) is 6.76. The Kier molecular flexibility index (Phi) is 11.4. The molecule has 0 aromatic heterocycles. The number of carbonyl (C=O) groups is 2. The molecule has 2 heterocycles. The van der Waals surface area contributed by atoms with Gasteiger partial charge in [-0.25, -0.2) is 9.52 Å². The second-order valence-electron chi connectivity index (χ2n) is 13.1. The van der Waals surface area contributed by atoms with Crippen LogP contribution in [0.15, 0.2) is 35.4 Å². The highest BCUT2D eigenvalue weighted by atomic mass is 32.2. The summed E-state index contributed by atoms with van der Waals surface area (Å²) in [7, 11) is -4.61. The Morgan fingerprint density at radius 3 is 2.36 bits per heavy atom. The van der Waals surface area contributed by atoms with Crippen LogP contribution in [0.3, 0.4) is 0 Å². The molecule has 0 spiro atoms. The van der Waals surface area contributed by atoms with Crippen LogP contribution in [-0.2, 0) is 40.4 Å². The first-order chi connectivity index (χ1) is 20.4. The normalized spacial score (nSPS) is 23.2. The lowest BCUT2D eigenvalue weighted by molar-refractivity contribution is -0.152. The molecule has 2 N–H and O–H groups in total. The van der Waals surface area contributed by atoms with E-state index in [9.17, 15) is 23.5 Å². The molecule has 1 amide bonds. The smallest absolute Gasteiger partial charge is 0.457 e. The van der Waals surface area contributed by atoms with E-state index in [1.807, 2.05) is 33.8 Å². The van der Waals surface area contributed by atoms with Gasteiger partial charge in [-0.3, -0.25) is 4.79 Å². The average Bonchev–Trinajstić information content (AvgIpc) is 3.39. The van der Waals surface area contributed by atoms with Gasteiger partial charge in [0.15, 0.2) is 5.54 Å². The number of carbonyl (C=O) groups excluding carboxylic acids is 2. The molecule has 2 atom stereocenters. The Balaban J connectivity index is 1.73. The number of esters is 1. The van der Waals surface area contributed by atoms with E-state index in [1.54, 1.807) is 45.0 Å². The minimum atomic E-state index is -4.14. The summed E-state index contributed by atoms with van der Waals surface area (Å²) in [6, 6.07) is 9.02. The molecule has 3 rings (SSSR count). The zero-order valence-corrected chi connectivity index (χ0v) is 27.5. The molecule has 16 heteroatoms. The molecule has 0 bridgehead atoms. The average molecular weight is 637 g/mol. The van der Waals surface area contributed by atoms with Gasteiger partial charge in [-0.05, 0) is 78.2 Å². The molecule has 0 saturated carbocycles. The van der Waals surface area contributed by atoms with Crippen LogP contribution in [0.25, 0.3) is 10.4 Å². The molecule has 2 aliphatic rings. The first kappa shape index (κ1) is 35.6. The van der Waals surface area contributed by atoms with Crippen molar-refractivity contribution in [2.45, 2.75) is 96.6 Å². The first-order valence-electron chi connectivity index (χ1n) is 14.8. The molecule has 2 aliphatic heterocycles. The van der Waals surface area contributed by atoms with Crippen LogP contribution in [0.1, 0.15) is 66.9 Å². The molecule has 14 nitrogen and oxygen atoms in total. The van der Waals surface area contributed by atoms with Crippen LogP contribution < -0.4 is 10.0 Å². The van der Waals surface area contributed by atoms with E-state index >= 15 is 0 Å². The van der Waals surface area contributed by atoms with Gasteiger partial charge in [-0.15, -0.1) is 0 Å². The number of hydrogen-bond donors (Lipinski definition) is 2. The summed E-state index contributed by atoms with van der Waals surface area (Å²) in [5.74, 6) is -1.48. The third-order valence-corrected chi connectivity index (χ3v) is 9.55. The highest BCUT2D eigenvalue weighted by Crippen LogP contribution is 2.41. The third-order valence-electron chi connectivity index (χ3n) is 8.02. The van der Waals surface area contributed by atoms with Gasteiger partial charge < -0.3 is 24.1 Å². The summed E-state index contributed by atoms with van der Waals surface area (Å²) in [6.07, 6.45) is 0.673. The maximum Gasteiger partial charge on any atom is 0.457 e. The lowest BCUT2D eigenvalue weighted by atomic mass is 9.78. The van der Waals surface area contributed by atoms with Gasteiger partial charge in [0, 0.05) is 31.1 Å². The number of azide groups is 1. The third kappa shape index (κ3) is 9.08. The number of ether oxygens (including phenoxy) is 2. The van der Waals surface area contributed by atoms with Crippen molar-refractivity contribution in [2.24, 2.45) is 11.0 Å². The van der Waals surface area contributed by atoms with Gasteiger partial charge in [-0.2, -0.15) is 12.7 Å². The van der Waals surface area contributed by atoms with Crippen LogP contribution in [0, 0.1) is 5.92 Å². The molecule has 1 aromatic rings. The standard InChI is InChI=1S/C28H45BN6O8S/c1-25(2,3)41-24(37)31-16-17-32-44(38,39)35-18-22(14-11-15-29-42-26(4,5)27(6,7)43-29)28(20-35,33-34-30)23(36)40-19-21-12-9-8-10-13-21/h8-10,12-13,22,32H,11,14-20H2,1-7H3,(H,31,37)/t22-,28-/m1/s1. The summed E-state index contributed by atoms with van der Waals surface area (Å²) >= 11 is 0. The van der Waals surface area contributed by atoms with E-state index in [0.717, 1.165) is 9.87 Å². The Morgan fingerprint density at radius 1 is 1.14 bits per heavy atom. The van der Waals surface area contributed by atoms with Crippen molar-refractivity contribution in [1.29, 1.82) is 0 Å². The van der Waals surface area contributed by atoms with Crippen molar-refractivity contribution in [3.8, 4) is 0 Å². The second kappa shape index (κ2) is 14.0. The van der Waals surface area contributed by atoms with Crippen molar-refractivity contribution < 1.29 is 36.8 Å². The fourth-order valence-electron chi connectivity index (χ4n) is 5.05. The van der Waals surface area contributed by atoms with E-state index in [-0.39, 0.29) is 26.2 Å². The van der Waals surface area contributed by atoms with Crippen LogP contribution >= 0.6 is 0 Å². The largest absolute Gasteiger partial charge is 0.460 e. The van der Waals surface area contributed by atoms with Crippen LogP contribution in [0.5, 0.6) is 0 Å². The summed E-state index contributed by atoms with van der Waals surface area (Å²) in [4.78, 5) is 28.5. The lowest BCUT2D eigenvalue weighted by Gasteiger charge is -2.32. The number of rotatable bonds is 13. The summed E-state index contributed by atoms with van der Waals surface area (Å²) < 4.78 is 53.1. The predicted molar refractivity (Wildman–Crippen MR) is 164 cm³/mol. The van der Waals surface area contributed by atoms with Crippen LogP contribution in [-0.4, -0.2) is 80.4 Å². The van der Waals surface area contributed by atoms with Gasteiger partial charge >= 0.3 is 19.2 Å². The maximum absolute atomic E-state index is 13.6. The molecule has 44 heavy (non-hydrogen) atoms. The Bertz CT molecular complexity index is 1300. The lowest BCUT2D eigenvalue weighted by Crippen LogP contribution is -2.48. The highest BCUT2D eigenvalue weighted by molar-refractivity contribution is 7.87. The number of nitrogens with one attached hydrogen (secondary N) is 2. The van der Waals surface area contributed by atoms with Gasteiger partial charge in [0.05, 0.1) is 11.2 Å². The van der Waals surface area contributed by atoms with Crippen molar-refractivity contribution >= 4 is 29.4 Å². The Hall–Kier alpha value is -2.88. The SMILES string of the molecule is CC(C)(C)OC(=O)NCCNS(=O)(=O)N1C[C@@H](CCCB2OC(C)(C)C(C)(C)O2)[C@@](N=[N+]=[N-])(C(=O)OCc2ccccc2)C1. The van der Waals surface area contributed by atoms with Crippen molar-refractivity contribution in [1.82, 2.24) is 14.3 Å². The van der Waals surface area contributed by atoms with E-state index in [0.29, 0.717) is 19.2 Å². The molecule has 0 unspecified atom stereocenters. The molecule has 0 aliphatic carbocycles. The number of amides is 1. The highest BCUT2D eigenvalue weighted by Gasteiger charge is 2.56. The first-order valence-corrected chi connectivity index (χ1v) is 16.2. The number of hydrogen-bond acceptors (Lipinski definition) is 9. The van der Waals surface area contributed by atoms with Crippen molar-refractivity contribution in [3.05, 3.63) is 46.3 Å². The van der Waals surface area contributed by atoms with Gasteiger partial charge in [0.2, 0.25) is 0 Å². The van der Waals surface area contributed by atoms with Gasteiger partial charge in [0.1, 0.15) is 12.2 Å². The number of alkyl carbamates (subject to hydrolysis) is 1. The fraction of sp³-hybridized carbons (Fsp3) is 0.714. The summed E-state index contributed by atoms with van der Waals surface area (Å²) in [5, 5.41) is 6.39. The maximum atomic E-state index is 13.6. The molecule has 0 radical (unpaired) electrons. The second-order valence-corrected chi connectivity index (χ2v) is 14.9. The monoisotopic (exact) mass is 636 g/mol. The van der Waals surface area contributed by atoms with E-state index in [1.165, 1.54) is 0 Å². The van der Waals surface area contributed by atoms with Gasteiger partial charge in [0.25, 0.3) is 10.2 Å². The molecular weight excluding hydrogens is 591 g/mol. The van der Waals surface area contributed by atoms with Crippen LogP contribution in [0.4, 0.5) is 4.79 Å². The van der Waals surface area contributed by atoms with E-state index < -0.39 is 64.2 Å². The molecule has 2 saturated heterocycles. The summed E-state index contributed by atoms with van der Waals surface area (Å²) in [6.45, 7) is 12.3. The van der Waals surface area contributed by atoms with Crippen molar-refractivity contribution in [3.63, 3.8) is 0 Å². The van der Waals surface area contributed by atoms with Gasteiger partial charge in [-0.1, -0.05) is 41.9 Å². The predicted octanol–water partition coefficient (Wildman–Crippen LogP) is 3.94. The van der Waals surface area contributed by atoms with E-state index in [2.05, 4.69) is 20.1 Å². The fourth-order valence-corrected chi connectivity index (χ4v) is 6.34. The van der Waals surface area contributed by atoms with E-state index in [4.69, 9.17) is 18.8 Å². The Labute approximate surface area is 260 Å².